The summed E-state index contributed by atoms with van der Waals surface area (Å²) in [5, 5.41) is 7.44. The fraction of sp³-hybridized carbons (Fsp3) is 0.412. The van der Waals surface area contributed by atoms with Gasteiger partial charge in [-0.2, -0.15) is 5.10 Å². The fourth-order valence-corrected chi connectivity index (χ4v) is 3.71. The minimum Gasteiger partial charge on any atom is -0.476 e. The Morgan fingerprint density at radius 2 is 2.23 bits per heavy atom. The molecule has 0 aliphatic carbocycles. The molecule has 1 aliphatic heterocycles. The van der Waals surface area contributed by atoms with Gasteiger partial charge in [-0.25, -0.2) is 17.5 Å². The zero-order chi connectivity index (χ0) is 18.9. The van der Waals surface area contributed by atoms with E-state index < -0.39 is 15.7 Å². The summed E-state index contributed by atoms with van der Waals surface area (Å²) < 4.78 is 45.6. The molecule has 0 saturated heterocycles. The molecule has 26 heavy (non-hydrogen) atoms. The van der Waals surface area contributed by atoms with Crippen molar-refractivity contribution >= 4 is 15.9 Å². The quantitative estimate of drug-likeness (QED) is 0.867. The highest BCUT2D eigenvalue weighted by Gasteiger charge is 2.25. The van der Waals surface area contributed by atoms with Crippen LogP contribution < -0.4 is 10.1 Å². The van der Waals surface area contributed by atoms with Gasteiger partial charge in [0.15, 0.2) is 9.84 Å². The summed E-state index contributed by atoms with van der Waals surface area (Å²) in [6, 6.07) is 2.54. The Morgan fingerprint density at radius 3 is 2.92 bits per heavy atom. The Hall–Kier alpha value is -2.26. The lowest BCUT2D eigenvalue weighted by Gasteiger charge is -2.22. The van der Waals surface area contributed by atoms with Crippen molar-refractivity contribution in [2.45, 2.75) is 25.9 Å². The summed E-state index contributed by atoms with van der Waals surface area (Å²) in [5.41, 5.74) is 1.64. The molecule has 0 saturated carbocycles. The monoisotopic (exact) mass is 380 g/mol. The number of nitrogens with zero attached hydrogens (tertiary/aromatic N) is 3. The number of aryl methyl sites for hydroxylation is 2. The molecule has 7 nitrogen and oxygen atoms in total. The molecule has 0 spiro atoms. The highest BCUT2D eigenvalue weighted by Crippen LogP contribution is 2.29. The molecule has 2 aromatic heterocycles. The minimum absolute atomic E-state index is 0.176. The predicted molar refractivity (Wildman–Crippen MR) is 95.7 cm³/mol. The number of aromatic nitrogens is 3. The second-order valence-electron chi connectivity index (χ2n) is 6.34. The van der Waals surface area contributed by atoms with E-state index in [0.717, 1.165) is 0 Å². The first kappa shape index (κ1) is 18.5. The molecule has 1 aliphatic rings. The van der Waals surface area contributed by atoms with Crippen LogP contribution in [0.1, 0.15) is 23.4 Å². The summed E-state index contributed by atoms with van der Waals surface area (Å²) in [5.74, 6) is 0.106. The molecule has 2 aromatic rings. The van der Waals surface area contributed by atoms with E-state index in [0.29, 0.717) is 17.1 Å². The number of rotatable bonds is 4. The average Bonchev–Trinajstić information content (AvgIpc) is 2.79. The van der Waals surface area contributed by atoms with E-state index in [4.69, 9.17) is 4.74 Å². The van der Waals surface area contributed by atoms with Crippen LogP contribution in [0, 0.1) is 12.7 Å². The lowest BCUT2D eigenvalue weighted by Crippen LogP contribution is -2.36. The Morgan fingerprint density at radius 1 is 1.46 bits per heavy atom. The largest absolute Gasteiger partial charge is 0.476 e. The van der Waals surface area contributed by atoms with Crippen LogP contribution in [0.25, 0.3) is 6.08 Å². The standard InChI is InChI=1S/C17H21FN4O3S/c1-11-14-8-13(26(3,23)24)7-12(10-25-17(14)22(2)21-11)20-9-16-15(18)5-4-6-19-16/h4-6,8,12,20H,7,9-10H2,1-3H3/b13-8+. The van der Waals surface area contributed by atoms with Gasteiger partial charge in [-0.05, 0) is 25.1 Å². The van der Waals surface area contributed by atoms with E-state index in [-0.39, 0.29) is 36.2 Å². The van der Waals surface area contributed by atoms with Gasteiger partial charge in [-0.1, -0.05) is 0 Å². The van der Waals surface area contributed by atoms with E-state index in [1.54, 1.807) is 24.7 Å². The summed E-state index contributed by atoms with van der Waals surface area (Å²) >= 11 is 0. The van der Waals surface area contributed by atoms with Crippen molar-refractivity contribution in [3.63, 3.8) is 0 Å². The number of halogens is 1. The zero-order valence-electron chi connectivity index (χ0n) is 14.9. The van der Waals surface area contributed by atoms with Gasteiger partial charge in [0.05, 0.1) is 17.0 Å². The molecule has 3 heterocycles. The number of hydrogen-bond acceptors (Lipinski definition) is 6. The second-order valence-corrected chi connectivity index (χ2v) is 8.40. The number of nitrogens with one attached hydrogen (secondary N) is 1. The zero-order valence-corrected chi connectivity index (χ0v) is 15.7. The second kappa shape index (κ2) is 7.16. The molecule has 140 valence electrons. The van der Waals surface area contributed by atoms with Crippen LogP contribution in [0.2, 0.25) is 0 Å². The molecule has 0 amide bonds. The summed E-state index contributed by atoms with van der Waals surface area (Å²) in [6.07, 6.45) is 4.55. The smallest absolute Gasteiger partial charge is 0.219 e. The molecule has 0 fully saturated rings. The Kier molecular flexibility index (Phi) is 5.10. The molecular weight excluding hydrogens is 359 g/mol. The van der Waals surface area contributed by atoms with Crippen LogP contribution in [0.3, 0.4) is 0 Å². The lowest BCUT2D eigenvalue weighted by atomic mass is 10.1. The average molecular weight is 380 g/mol. The van der Waals surface area contributed by atoms with Crippen LogP contribution in [0.5, 0.6) is 5.88 Å². The minimum atomic E-state index is -3.40. The van der Waals surface area contributed by atoms with Crippen molar-refractivity contribution in [1.29, 1.82) is 0 Å². The van der Waals surface area contributed by atoms with Crippen molar-refractivity contribution in [2.75, 3.05) is 12.9 Å². The molecule has 0 radical (unpaired) electrons. The maximum Gasteiger partial charge on any atom is 0.219 e. The van der Waals surface area contributed by atoms with Crippen molar-refractivity contribution < 1.29 is 17.5 Å². The molecule has 1 unspecified atom stereocenters. The number of pyridine rings is 1. The van der Waals surface area contributed by atoms with Gasteiger partial charge in [0.25, 0.3) is 0 Å². The van der Waals surface area contributed by atoms with Gasteiger partial charge in [-0.3, -0.25) is 4.98 Å². The van der Waals surface area contributed by atoms with E-state index in [2.05, 4.69) is 15.4 Å². The van der Waals surface area contributed by atoms with E-state index >= 15 is 0 Å². The highest BCUT2D eigenvalue weighted by molar-refractivity contribution is 7.94. The van der Waals surface area contributed by atoms with Crippen molar-refractivity contribution in [2.24, 2.45) is 7.05 Å². The van der Waals surface area contributed by atoms with Crippen LogP contribution in [-0.4, -0.2) is 42.1 Å². The Bertz CT molecular complexity index is 953. The predicted octanol–water partition coefficient (Wildman–Crippen LogP) is 1.59. The first-order chi connectivity index (χ1) is 12.3. The summed E-state index contributed by atoms with van der Waals surface area (Å²) in [4.78, 5) is 4.29. The van der Waals surface area contributed by atoms with E-state index in [1.165, 1.54) is 24.6 Å². The topological polar surface area (TPSA) is 86.1 Å². The maximum absolute atomic E-state index is 13.8. The molecule has 1 N–H and O–H groups in total. The summed E-state index contributed by atoms with van der Waals surface area (Å²) in [7, 11) is -1.66. The van der Waals surface area contributed by atoms with Crippen LogP contribution in [0.15, 0.2) is 23.2 Å². The van der Waals surface area contributed by atoms with Crippen LogP contribution >= 0.6 is 0 Å². The van der Waals surface area contributed by atoms with Crippen molar-refractivity contribution in [3.8, 4) is 5.88 Å². The third kappa shape index (κ3) is 3.94. The van der Waals surface area contributed by atoms with Gasteiger partial charge >= 0.3 is 0 Å². The number of sulfone groups is 1. The van der Waals surface area contributed by atoms with Gasteiger partial charge in [0.2, 0.25) is 5.88 Å². The molecule has 1 atom stereocenters. The number of ether oxygens (including phenoxy) is 1. The summed E-state index contributed by atoms with van der Waals surface area (Å²) in [6.45, 7) is 2.21. The Labute approximate surface area is 151 Å². The van der Waals surface area contributed by atoms with Crippen LogP contribution in [-0.2, 0) is 23.4 Å². The first-order valence-corrected chi connectivity index (χ1v) is 10.0. The third-order valence-electron chi connectivity index (χ3n) is 4.26. The van der Waals surface area contributed by atoms with Gasteiger partial charge in [-0.15, -0.1) is 0 Å². The van der Waals surface area contributed by atoms with E-state index in [1.807, 2.05) is 0 Å². The maximum atomic E-state index is 13.8. The van der Waals surface area contributed by atoms with Gasteiger partial charge in [0.1, 0.15) is 12.4 Å². The van der Waals surface area contributed by atoms with Gasteiger partial charge in [0, 0.05) is 43.4 Å². The highest BCUT2D eigenvalue weighted by atomic mass is 32.2. The van der Waals surface area contributed by atoms with Crippen molar-refractivity contribution in [1.82, 2.24) is 20.1 Å². The normalized spacial score (nSPS) is 19.7. The molecule has 0 bridgehead atoms. The van der Waals surface area contributed by atoms with Gasteiger partial charge < -0.3 is 10.1 Å². The third-order valence-corrected chi connectivity index (χ3v) is 5.49. The first-order valence-electron chi connectivity index (χ1n) is 8.15. The fourth-order valence-electron chi connectivity index (χ4n) is 2.87. The SMILES string of the molecule is Cc1nn(C)c2c1/C=C(/S(C)(=O)=O)CC(NCc1ncccc1F)CO2. The van der Waals surface area contributed by atoms with Crippen molar-refractivity contribution in [3.05, 3.63) is 46.0 Å². The van der Waals surface area contributed by atoms with E-state index in [9.17, 15) is 12.8 Å². The molecular formula is C17H21FN4O3S. The number of hydrogen-bond donors (Lipinski definition) is 1. The molecule has 0 aromatic carbocycles. The van der Waals surface area contributed by atoms with Crippen LogP contribution in [0.4, 0.5) is 4.39 Å². The molecule has 9 heteroatoms. The molecule has 3 rings (SSSR count). The Balaban J connectivity index is 1.87. The lowest BCUT2D eigenvalue weighted by molar-refractivity contribution is 0.241. The number of fused-ring (bicyclic) bond motifs is 1.